The molecule has 0 aliphatic heterocycles. The van der Waals surface area contributed by atoms with E-state index in [2.05, 4.69) is 5.32 Å². The van der Waals surface area contributed by atoms with Crippen LogP contribution in [0.15, 0.2) is 53.4 Å². The van der Waals surface area contributed by atoms with Gasteiger partial charge in [0.05, 0.1) is 10.6 Å². The second-order valence-corrected chi connectivity index (χ2v) is 8.62. The molecule has 29 heavy (non-hydrogen) atoms. The number of sulfonamides is 1. The lowest BCUT2D eigenvalue weighted by Crippen LogP contribution is -2.31. The summed E-state index contributed by atoms with van der Waals surface area (Å²) in [4.78, 5) is 21.7. The minimum absolute atomic E-state index is 0.156. The van der Waals surface area contributed by atoms with E-state index in [-0.39, 0.29) is 12.5 Å². The molecule has 2 aromatic carbocycles. The molecule has 0 spiro atoms. The molecule has 0 bridgehead atoms. The van der Waals surface area contributed by atoms with Gasteiger partial charge in [-0.3, -0.25) is 19.2 Å². The zero-order chi connectivity index (χ0) is 21.6. The van der Waals surface area contributed by atoms with E-state index in [9.17, 15) is 23.3 Å². The number of para-hydroxylation sites is 1. The van der Waals surface area contributed by atoms with Gasteiger partial charge in [0.1, 0.15) is 5.75 Å². The number of nitrogens with zero attached hydrogens (tertiary/aromatic N) is 2. The summed E-state index contributed by atoms with van der Waals surface area (Å²) in [6.45, 7) is 4.36. The SMILES string of the molecule is CC(C)CNC(=O)COc1ccc(N(C)S(=O)(=O)c2ccccc2[N+](=O)[O-])cc1. The van der Waals surface area contributed by atoms with Gasteiger partial charge >= 0.3 is 0 Å². The first kappa shape index (κ1) is 22.2. The van der Waals surface area contributed by atoms with Crippen LogP contribution in [0.25, 0.3) is 0 Å². The average Bonchev–Trinajstić information content (AvgIpc) is 2.70. The lowest BCUT2D eigenvalue weighted by molar-refractivity contribution is -0.387. The van der Waals surface area contributed by atoms with Gasteiger partial charge in [-0.15, -0.1) is 0 Å². The molecule has 0 radical (unpaired) electrons. The Morgan fingerprint density at radius 3 is 2.38 bits per heavy atom. The zero-order valence-corrected chi connectivity index (χ0v) is 17.2. The molecule has 0 aliphatic rings. The Balaban J connectivity index is 2.11. The number of nitro benzene ring substituents is 1. The first-order chi connectivity index (χ1) is 13.6. The maximum atomic E-state index is 12.8. The lowest BCUT2D eigenvalue weighted by Gasteiger charge is -2.19. The molecule has 0 saturated carbocycles. The molecule has 1 N–H and O–H groups in total. The Kier molecular flexibility index (Phi) is 7.16. The fourth-order valence-electron chi connectivity index (χ4n) is 2.38. The molecule has 0 aliphatic carbocycles. The van der Waals surface area contributed by atoms with E-state index >= 15 is 0 Å². The zero-order valence-electron chi connectivity index (χ0n) is 16.4. The molecular weight excluding hydrogens is 398 g/mol. The van der Waals surface area contributed by atoms with Crippen molar-refractivity contribution in [1.82, 2.24) is 5.32 Å². The Hall–Kier alpha value is -3.14. The number of hydrogen-bond donors (Lipinski definition) is 1. The fraction of sp³-hybridized carbons (Fsp3) is 0.316. The molecule has 156 valence electrons. The standard InChI is InChI=1S/C19H23N3O6S/c1-14(2)12-20-19(23)13-28-16-10-8-15(9-11-16)21(3)29(26,27)18-7-5-4-6-17(18)22(24)25/h4-11,14H,12-13H2,1-3H3,(H,20,23). The Labute approximate surface area is 169 Å². The Morgan fingerprint density at radius 2 is 1.79 bits per heavy atom. The third kappa shape index (κ3) is 5.67. The number of benzene rings is 2. The Morgan fingerprint density at radius 1 is 1.17 bits per heavy atom. The quantitative estimate of drug-likeness (QED) is 0.491. The van der Waals surface area contributed by atoms with Crippen LogP contribution in [0.3, 0.4) is 0 Å². The van der Waals surface area contributed by atoms with E-state index in [1.165, 1.54) is 49.5 Å². The number of hydrogen-bond acceptors (Lipinski definition) is 6. The smallest absolute Gasteiger partial charge is 0.289 e. The molecule has 0 fully saturated rings. The first-order valence-corrected chi connectivity index (χ1v) is 10.3. The number of carbonyl (C=O) groups excluding carboxylic acids is 1. The van der Waals surface area contributed by atoms with E-state index in [0.29, 0.717) is 23.9 Å². The molecule has 0 unspecified atom stereocenters. The maximum absolute atomic E-state index is 12.8. The van der Waals surface area contributed by atoms with Gasteiger partial charge in [-0.1, -0.05) is 26.0 Å². The van der Waals surface area contributed by atoms with Gasteiger partial charge in [0.15, 0.2) is 11.5 Å². The molecule has 0 atom stereocenters. The van der Waals surface area contributed by atoms with Crippen LogP contribution >= 0.6 is 0 Å². The molecule has 10 heteroatoms. The normalized spacial score (nSPS) is 11.2. The van der Waals surface area contributed by atoms with Gasteiger partial charge in [0.25, 0.3) is 21.6 Å². The third-order valence-corrected chi connectivity index (χ3v) is 5.81. The van der Waals surface area contributed by atoms with Gasteiger partial charge in [-0.05, 0) is 36.2 Å². The van der Waals surface area contributed by atoms with Crippen molar-refractivity contribution in [2.24, 2.45) is 5.92 Å². The summed E-state index contributed by atoms with van der Waals surface area (Å²) in [6.07, 6.45) is 0. The molecule has 0 saturated heterocycles. The number of ether oxygens (including phenoxy) is 1. The van der Waals surface area contributed by atoms with E-state index < -0.39 is 25.5 Å². The number of anilines is 1. The second-order valence-electron chi connectivity index (χ2n) is 6.68. The summed E-state index contributed by atoms with van der Waals surface area (Å²) in [5, 5.41) is 13.9. The van der Waals surface area contributed by atoms with E-state index in [0.717, 1.165) is 10.4 Å². The molecule has 2 aromatic rings. The van der Waals surface area contributed by atoms with Crippen molar-refractivity contribution in [2.75, 3.05) is 24.5 Å². The van der Waals surface area contributed by atoms with Gasteiger partial charge in [-0.2, -0.15) is 0 Å². The molecular formula is C19H23N3O6S. The van der Waals surface area contributed by atoms with Crippen LogP contribution in [0.2, 0.25) is 0 Å². The highest BCUT2D eigenvalue weighted by molar-refractivity contribution is 7.93. The number of nitro groups is 1. The van der Waals surface area contributed by atoms with Crippen molar-refractivity contribution in [3.63, 3.8) is 0 Å². The van der Waals surface area contributed by atoms with Crippen molar-refractivity contribution in [3.8, 4) is 5.75 Å². The topological polar surface area (TPSA) is 119 Å². The Bertz CT molecular complexity index is 974. The highest BCUT2D eigenvalue weighted by Gasteiger charge is 2.29. The van der Waals surface area contributed by atoms with Crippen LogP contribution in [0.1, 0.15) is 13.8 Å². The van der Waals surface area contributed by atoms with Gasteiger partial charge in [0.2, 0.25) is 0 Å². The predicted molar refractivity (Wildman–Crippen MR) is 108 cm³/mol. The van der Waals surface area contributed by atoms with Crippen molar-refractivity contribution in [3.05, 3.63) is 58.6 Å². The summed E-state index contributed by atoms with van der Waals surface area (Å²) in [7, 11) is -2.83. The summed E-state index contributed by atoms with van der Waals surface area (Å²) in [6, 6.07) is 11.2. The minimum Gasteiger partial charge on any atom is -0.484 e. The predicted octanol–water partition coefficient (Wildman–Crippen LogP) is 2.57. The van der Waals surface area contributed by atoms with Crippen LogP contribution in [-0.4, -0.2) is 39.4 Å². The summed E-state index contributed by atoms with van der Waals surface area (Å²) in [5.41, 5.74) is -0.202. The van der Waals surface area contributed by atoms with Crippen molar-refractivity contribution >= 4 is 27.3 Å². The van der Waals surface area contributed by atoms with Gasteiger partial charge < -0.3 is 10.1 Å². The largest absolute Gasteiger partial charge is 0.484 e. The number of rotatable bonds is 9. The van der Waals surface area contributed by atoms with E-state index in [1.807, 2.05) is 13.8 Å². The fourth-order valence-corrected chi connectivity index (χ4v) is 3.73. The summed E-state index contributed by atoms with van der Waals surface area (Å²) < 4.78 is 32.0. The molecule has 2 rings (SSSR count). The van der Waals surface area contributed by atoms with Crippen LogP contribution in [0.4, 0.5) is 11.4 Å². The number of amides is 1. The number of carbonyl (C=O) groups is 1. The molecule has 9 nitrogen and oxygen atoms in total. The van der Waals surface area contributed by atoms with Gasteiger partial charge in [0, 0.05) is 19.7 Å². The van der Waals surface area contributed by atoms with Crippen LogP contribution < -0.4 is 14.4 Å². The second kappa shape index (κ2) is 9.37. The summed E-state index contributed by atoms with van der Waals surface area (Å²) >= 11 is 0. The van der Waals surface area contributed by atoms with Gasteiger partial charge in [-0.25, -0.2) is 8.42 Å². The summed E-state index contributed by atoms with van der Waals surface area (Å²) in [5.74, 6) is 0.472. The van der Waals surface area contributed by atoms with Crippen molar-refractivity contribution in [1.29, 1.82) is 0 Å². The van der Waals surface area contributed by atoms with E-state index in [1.54, 1.807) is 0 Å². The van der Waals surface area contributed by atoms with Crippen LogP contribution in [-0.2, 0) is 14.8 Å². The van der Waals surface area contributed by atoms with Crippen LogP contribution in [0, 0.1) is 16.0 Å². The van der Waals surface area contributed by atoms with E-state index in [4.69, 9.17) is 4.74 Å². The monoisotopic (exact) mass is 421 g/mol. The minimum atomic E-state index is -4.14. The molecule has 0 aromatic heterocycles. The molecule has 0 heterocycles. The van der Waals surface area contributed by atoms with Crippen molar-refractivity contribution in [2.45, 2.75) is 18.7 Å². The maximum Gasteiger partial charge on any atom is 0.289 e. The third-order valence-electron chi connectivity index (χ3n) is 3.98. The lowest BCUT2D eigenvalue weighted by atomic mass is 10.2. The van der Waals surface area contributed by atoms with Crippen LogP contribution in [0.5, 0.6) is 5.75 Å². The molecule has 1 amide bonds. The highest BCUT2D eigenvalue weighted by Crippen LogP contribution is 2.29. The number of nitrogens with one attached hydrogen (secondary N) is 1. The van der Waals surface area contributed by atoms with Crippen molar-refractivity contribution < 1.29 is 22.9 Å². The first-order valence-electron chi connectivity index (χ1n) is 8.85. The average molecular weight is 421 g/mol. The highest BCUT2D eigenvalue weighted by atomic mass is 32.2.